The van der Waals surface area contributed by atoms with Crippen LogP contribution in [0.15, 0.2) is 48.5 Å². The molecule has 0 fully saturated rings. The Kier molecular flexibility index (Phi) is 6.87. The van der Waals surface area contributed by atoms with Gasteiger partial charge in [0.15, 0.2) is 11.6 Å². The number of nitrogens with zero attached hydrogens (tertiary/aromatic N) is 6. The average molecular weight is 446 g/mol. The van der Waals surface area contributed by atoms with Gasteiger partial charge in [-0.25, -0.2) is 14.8 Å². The van der Waals surface area contributed by atoms with E-state index in [-0.39, 0.29) is 0 Å². The third kappa shape index (κ3) is 5.31. The molecule has 1 unspecified atom stereocenters. The van der Waals surface area contributed by atoms with Crippen molar-refractivity contribution in [1.29, 1.82) is 0 Å². The molecule has 4 rings (SSSR count). The number of aromatic nitrogens is 7. The van der Waals surface area contributed by atoms with Gasteiger partial charge in [0.2, 0.25) is 0 Å². The number of benzene rings is 2. The molecule has 0 amide bonds. The molecular weight excluding hydrogens is 418 g/mol. The van der Waals surface area contributed by atoms with Crippen molar-refractivity contribution in [1.82, 2.24) is 35.4 Å². The maximum absolute atomic E-state index is 11.1. The molecule has 33 heavy (non-hydrogen) atoms. The van der Waals surface area contributed by atoms with Gasteiger partial charge in [-0.1, -0.05) is 62.4 Å². The van der Waals surface area contributed by atoms with Crippen LogP contribution in [0.3, 0.4) is 0 Å². The molecule has 0 radical (unpaired) electrons. The minimum Gasteiger partial charge on any atom is -0.481 e. The SMILES string of the molecule is CCCc1nc(CCC(C)C(=O)O)nn1Cc1ccc(-c2ccccc2-c2nnn[nH]2)cc1. The Labute approximate surface area is 191 Å². The van der Waals surface area contributed by atoms with Gasteiger partial charge < -0.3 is 5.11 Å². The van der Waals surface area contributed by atoms with Gasteiger partial charge in [0.25, 0.3) is 0 Å². The number of rotatable bonds is 10. The largest absolute Gasteiger partial charge is 0.481 e. The van der Waals surface area contributed by atoms with Crippen LogP contribution in [-0.4, -0.2) is 46.5 Å². The molecule has 0 aliphatic heterocycles. The molecule has 9 heteroatoms. The van der Waals surface area contributed by atoms with Crippen molar-refractivity contribution in [3.05, 3.63) is 65.7 Å². The molecule has 0 spiro atoms. The number of hydrogen-bond donors (Lipinski definition) is 2. The maximum atomic E-state index is 11.1. The van der Waals surface area contributed by atoms with E-state index in [2.05, 4.69) is 61.9 Å². The summed E-state index contributed by atoms with van der Waals surface area (Å²) in [6.07, 6.45) is 2.89. The molecule has 0 aliphatic rings. The summed E-state index contributed by atoms with van der Waals surface area (Å²) in [6, 6.07) is 16.4. The van der Waals surface area contributed by atoms with E-state index in [9.17, 15) is 4.79 Å². The third-order valence-electron chi connectivity index (χ3n) is 5.61. The Morgan fingerprint density at radius 2 is 1.85 bits per heavy atom. The second-order valence-corrected chi connectivity index (χ2v) is 8.12. The first kappa shape index (κ1) is 22.3. The number of H-pyrrole nitrogens is 1. The van der Waals surface area contributed by atoms with Gasteiger partial charge in [0, 0.05) is 18.4 Å². The molecule has 2 aromatic heterocycles. The van der Waals surface area contributed by atoms with Gasteiger partial charge in [-0.2, -0.15) is 5.10 Å². The highest BCUT2D eigenvalue weighted by Gasteiger charge is 2.15. The van der Waals surface area contributed by atoms with Gasteiger partial charge in [-0.15, -0.1) is 5.10 Å². The summed E-state index contributed by atoms with van der Waals surface area (Å²) in [5, 5.41) is 28.0. The molecule has 4 aromatic rings. The zero-order valence-corrected chi connectivity index (χ0v) is 18.8. The van der Waals surface area contributed by atoms with E-state index in [0.717, 1.165) is 40.9 Å². The zero-order chi connectivity index (χ0) is 23.2. The van der Waals surface area contributed by atoms with E-state index in [1.807, 2.05) is 28.9 Å². The average Bonchev–Trinajstić information content (AvgIpc) is 3.49. The highest BCUT2D eigenvalue weighted by atomic mass is 16.4. The van der Waals surface area contributed by atoms with Crippen molar-refractivity contribution in [2.75, 3.05) is 0 Å². The zero-order valence-electron chi connectivity index (χ0n) is 18.8. The molecule has 0 bridgehead atoms. The summed E-state index contributed by atoms with van der Waals surface area (Å²) in [7, 11) is 0. The molecule has 170 valence electrons. The Bertz CT molecular complexity index is 1200. The molecule has 0 saturated heterocycles. The Balaban J connectivity index is 1.52. The predicted octanol–water partition coefficient (Wildman–Crippen LogP) is 3.78. The Morgan fingerprint density at radius 3 is 2.52 bits per heavy atom. The number of aliphatic carboxylic acids is 1. The Hall–Kier alpha value is -3.88. The highest BCUT2D eigenvalue weighted by molar-refractivity contribution is 5.80. The molecule has 2 heterocycles. The number of aryl methyl sites for hydroxylation is 2. The first-order valence-electron chi connectivity index (χ1n) is 11.1. The van der Waals surface area contributed by atoms with Crippen LogP contribution in [0.5, 0.6) is 0 Å². The second-order valence-electron chi connectivity index (χ2n) is 8.12. The van der Waals surface area contributed by atoms with Crippen LogP contribution in [-0.2, 0) is 24.2 Å². The van der Waals surface area contributed by atoms with E-state index in [4.69, 9.17) is 5.11 Å². The molecule has 2 N–H and O–H groups in total. The van der Waals surface area contributed by atoms with Crippen LogP contribution in [0.25, 0.3) is 22.5 Å². The molecule has 2 aromatic carbocycles. The lowest BCUT2D eigenvalue weighted by atomic mass is 9.98. The van der Waals surface area contributed by atoms with Gasteiger partial charge >= 0.3 is 5.97 Å². The van der Waals surface area contributed by atoms with Crippen LogP contribution in [0.2, 0.25) is 0 Å². The van der Waals surface area contributed by atoms with Crippen molar-refractivity contribution in [2.45, 2.75) is 46.1 Å². The van der Waals surface area contributed by atoms with Crippen LogP contribution in [0.4, 0.5) is 0 Å². The Morgan fingerprint density at radius 1 is 1.09 bits per heavy atom. The van der Waals surface area contributed by atoms with Crippen LogP contribution in [0.1, 0.15) is 43.9 Å². The second kappa shape index (κ2) is 10.2. The van der Waals surface area contributed by atoms with Gasteiger partial charge in [-0.05, 0) is 40.0 Å². The summed E-state index contributed by atoms with van der Waals surface area (Å²) in [4.78, 5) is 15.8. The maximum Gasteiger partial charge on any atom is 0.306 e. The third-order valence-corrected chi connectivity index (χ3v) is 5.61. The first-order chi connectivity index (χ1) is 16.0. The van der Waals surface area contributed by atoms with E-state index >= 15 is 0 Å². The lowest BCUT2D eigenvalue weighted by Gasteiger charge is -2.09. The van der Waals surface area contributed by atoms with Gasteiger partial charge in [-0.3, -0.25) is 4.79 Å². The predicted molar refractivity (Wildman–Crippen MR) is 123 cm³/mol. The molecule has 1 atom stereocenters. The minimum absolute atomic E-state index is 0.408. The number of nitrogens with one attached hydrogen (secondary N) is 1. The van der Waals surface area contributed by atoms with Crippen molar-refractivity contribution in [3.8, 4) is 22.5 Å². The smallest absolute Gasteiger partial charge is 0.306 e. The lowest BCUT2D eigenvalue weighted by Crippen LogP contribution is -2.11. The van der Waals surface area contributed by atoms with Gasteiger partial charge in [0.05, 0.1) is 12.5 Å². The number of carbonyl (C=O) groups is 1. The fraction of sp³-hybridized carbons (Fsp3) is 0.333. The lowest BCUT2D eigenvalue weighted by molar-refractivity contribution is -0.141. The van der Waals surface area contributed by atoms with E-state index in [0.29, 0.717) is 31.0 Å². The fourth-order valence-electron chi connectivity index (χ4n) is 3.71. The number of carboxylic acid groups (broad SMARTS) is 1. The number of hydrogen-bond acceptors (Lipinski definition) is 6. The summed E-state index contributed by atoms with van der Waals surface area (Å²) in [5.41, 5.74) is 4.17. The molecular formula is C24H27N7O2. The summed E-state index contributed by atoms with van der Waals surface area (Å²) in [5.74, 6) is 1.07. The fourth-order valence-corrected chi connectivity index (χ4v) is 3.71. The highest BCUT2D eigenvalue weighted by Crippen LogP contribution is 2.29. The number of aromatic amines is 1. The van der Waals surface area contributed by atoms with E-state index in [1.54, 1.807) is 6.92 Å². The quantitative estimate of drug-likeness (QED) is 0.381. The summed E-state index contributed by atoms with van der Waals surface area (Å²) < 4.78 is 1.94. The van der Waals surface area contributed by atoms with Crippen molar-refractivity contribution in [3.63, 3.8) is 0 Å². The van der Waals surface area contributed by atoms with Crippen LogP contribution >= 0.6 is 0 Å². The van der Waals surface area contributed by atoms with Crippen LogP contribution < -0.4 is 0 Å². The minimum atomic E-state index is -0.788. The monoisotopic (exact) mass is 445 g/mol. The molecule has 0 saturated carbocycles. The topological polar surface area (TPSA) is 122 Å². The summed E-state index contributed by atoms with van der Waals surface area (Å²) in [6.45, 7) is 4.44. The number of tetrazole rings is 1. The number of carboxylic acids is 1. The molecule has 0 aliphatic carbocycles. The van der Waals surface area contributed by atoms with Crippen LogP contribution in [0, 0.1) is 5.92 Å². The molecule has 9 nitrogen and oxygen atoms in total. The van der Waals surface area contributed by atoms with Crippen molar-refractivity contribution < 1.29 is 9.90 Å². The van der Waals surface area contributed by atoms with Crippen molar-refractivity contribution in [2.24, 2.45) is 5.92 Å². The normalized spacial score (nSPS) is 12.1. The van der Waals surface area contributed by atoms with Gasteiger partial charge in [0.1, 0.15) is 5.82 Å². The summed E-state index contributed by atoms with van der Waals surface area (Å²) >= 11 is 0. The van der Waals surface area contributed by atoms with Crippen molar-refractivity contribution >= 4 is 5.97 Å². The first-order valence-corrected chi connectivity index (χ1v) is 11.1. The standard InChI is InChI=1S/C24H27N7O2/c1-3-6-22-25-21(14-9-16(2)24(32)33)28-31(22)15-17-10-12-18(13-11-17)19-7-4-5-8-20(19)23-26-29-30-27-23/h4-5,7-8,10-13,16H,3,6,9,14-15H2,1-2H3,(H,32,33)(H,26,27,29,30). The van der Waals surface area contributed by atoms with E-state index < -0.39 is 11.9 Å². The van der Waals surface area contributed by atoms with E-state index in [1.165, 1.54) is 0 Å².